The Morgan fingerprint density at radius 1 is 0.724 bits per heavy atom. The molecular weight excluding hydrogens is 384 g/mol. The molecule has 10 heteroatoms. The molecule has 0 heterocycles. The highest BCUT2D eigenvalue weighted by molar-refractivity contribution is 5.91. The molecule has 0 rings (SSSR count). The van der Waals surface area contributed by atoms with Gasteiger partial charge in [-0.3, -0.25) is 5.32 Å². The maximum atomic E-state index is 11.5. The summed E-state index contributed by atoms with van der Waals surface area (Å²) in [7, 11) is 0. The summed E-state index contributed by atoms with van der Waals surface area (Å²) in [5.74, 6) is -1.46. The molecule has 0 aliphatic heterocycles. The quantitative estimate of drug-likeness (QED) is 0.154. The van der Waals surface area contributed by atoms with Gasteiger partial charge in [-0.2, -0.15) is 0 Å². The van der Waals surface area contributed by atoms with Crippen LogP contribution < -0.4 is 10.6 Å². The lowest BCUT2D eigenvalue weighted by Crippen LogP contribution is -2.29. The van der Waals surface area contributed by atoms with Crippen molar-refractivity contribution in [2.75, 3.05) is 19.9 Å². The van der Waals surface area contributed by atoms with Gasteiger partial charge in [-0.05, 0) is 47.0 Å². The van der Waals surface area contributed by atoms with E-state index in [-0.39, 0.29) is 25.5 Å². The first-order valence-corrected chi connectivity index (χ1v) is 9.61. The highest BCUT2D eigenvalue weighted by Gasteiger charge is 2.06. The minimum absolute atomic E-state index is 0.147. The van der Waals surface area contributed by atoms with Crippen molar-refractivity contribution < 1.29 is 38.1 Å². The Kier molecular flexibility index (Phi) is 14.6. The Hall–Kier alpha value is -2.78. The zero-order chi connectivity index (χ0) is 22.1. The molecule has 166 valence electrons. The van der Waals surface area contributed by atoms with E-state index >= 15 is 0 Å². The summed E-state index contributed by atoms with van der Waals surface area (Å²) in [6.07, 6.45) is 3.47. The van der Waals surface area contributed by atoms with E-state index in [1.165, 1.54) is 0 Å². The van der Waals surface area contributed by atoms with Crippen LogP contribution in [0.15, 0.2) is 12.2 Å². The van der Waals surface area contributed by atoms with Crippen molar-refractivity contribution in [1.82, 2.24) is 10.6 Å². The van der Waals surface area contributed by atoms with Crippen LogP contribution in [0.25, 0.3) is 0 Å². The number of rotatable bonds is 13. The predicted molar refractivity (Wildman–Crippen MR) is 104 cm³/mol. The van der Waals surface area contributed by atoms with Gasteiger partial charge in [0.2, 0.25) is 0 Å². The third kappa shape index (κ3) is 18.4. The van der Waals surface area contributed by atoms with Crippen molar-refractivity contribution in [3.63, 3.8) is 0 Å². The molecule has 0 spiro atoms. The summed E-state index contributed by atoms with van der Waals surface area (Å²) < 4.78 is 19.4. The highest BCUT2D eigenvalue weighted by Crippen LogP contribution is 2.00. The van der Waals surface area contributed by atoms with E-state index in [2.05, 4.69) is 15.4 Å². The molecule has 10 nitrogen and oxygen atoms in total. The van der Waals surface area contributed by atoms with Crippen molar-refractivity contribution in [2.24, 2.45) is 0 Å². The normalized spacial score (nSPS) is 10.7. The smallest absolute Gasteiger partial charge is 0.410 e. The summed E-state index contributed by atoms with van der Waals surface area (Å²) in [6.45, 7) is 7.32. The molecule has 0 radical (unpaired) electrons. The summed E-state index contributed by atoms with van der Waals surface area (Å²) in [6, 6.07) is 0. The van der Waals surface area contributed by atoms with Gasteiger partial charge in [0.25, 0.3) is 0 Å². The molecule has 0 fully saturated rings. The average molecular weight is 416 g/mol. The Morgan fingerprint density at radius 3 is 1.83 bits per heavy atom. The van der Waals surface area contributed by atoms with E-state index < -0.39 is 24.1 Å². The van der Waals surface area contributed by atoms with Crippen LogP contribution >= 0.6 is 0 Å². The number of carbonyl (C=O) groups is 4. The van der Waals surface area contributed by atoms with Gasteiger partial charge in [0.1, 0.15) is 0 Å². The van der Waals surface area contributed by atoms with Gasteiger partial charge in [0.15, 0.2) is 6.73 Å². The second-order valence-corrected chi connectivity index (χ2v) is 6.53. The van der Waals surface area contributed by atoms with Crippen molar-refractivity contribution in [3.05, 3.63) is 12.2 Å². The molecule has 0 aliphatic carbocycles. The molecule has 0 atom stereocenters. The van der Waals surface area contributed by atoms with Gasteiger partial charge in [0, 0.05) is 18.7 Å². The Morgan fingerprint density at radius 2 is 1.24 bits per heavy atom. The van der Waals surface area contributed by atoms with E-state index in [4.69, 9.17) is 14.2 Å². The molecule has 29 heavy (non-hydrogen) atoms. The summed E-state index contributed by atoms with van der Waals surface area (Å²) in [5.41, 5.74) is 0. The second-order valence-electron chi connectivity index (χ2n) is 6.53. The van der Waals surface area contributed by atoms with Crippen LogP contribution in [-0.4, -0.2) is 56.2 Å². The van der Waals surface area contributed by atoms with Gasteiger partial charge in [-0.15, -0.1) is 0 Å². The Bertz CT molecular complexity index is 546. The van der Waals surface area contributed by atoms with Crippen molar-refractivity contribution in [1.29, 1.82) is 0 Å². The maximum absolute atomic E-state index is 11.5. The minimum Gasteiger partial charge on any atom is -0.463 e. The fraction of sp³-hybridized carbons (Fsp3) is 0.684. The van der Waals surface area contributed by atoms with Crippen LogP contribution in [0.4, 0.5) is 9.59 Å². The monoisotopic (exact) mass is 416 g/mol. The molecule has 0 unspecified atom stereocenters. The molecule has 0 saturated carbocycles. The molecule has 0 aromatic rings. The van der Waals surface area contributed by atoms with Crippen LogP contribution in [-0.2, 0) is 28.5 Å². The first kappa shape index (κ1) is 26.2. The van der Waals surface area contributed by atoms with Gasteiger partial charge in [0.05, 0.1) is 18.8 Å². The van der Waals surface area contributed by atoms with E-state index in [9.17, 15) is 19.2 Å². The van der Waals surface area contributed by atoms with Crippen molar-refractivity contribution in [2.45, 2.75) is 65.6 Å². The van der Waals surface area contributed by atoms with E-state index in [1.54, 1.807) is 27.7 Å². The Labute approximate surface area is 171 Å². The fourth-order valence-electron chi connectivity index (χ4n) is 1.85. The van der Waals surface area contributed by atoms with E-state index in [0.29, 0.717) is 13.0 Å². The third-order valence-corrected chi connectivity index (χ3v) is 3.06. The first-order chi connectivity index (χ1) is 13.7. The number of carbonyl (C=O) groups excluding carboxylic acids is 4. The number of esters is 2. The number of nitrogens with one attached hydrogen (secondary N) is 2. The summed E-state index contributed by atoms with van der Waals surface area (Å²) >= 11 is 0. The van der Waals surface area contributed by atoms with Crippen LogP contribution in [0.1, 0.15) is 53.4 Å². The molecule has 2 N–H and O–H groups in total. The zero-order valence-corrected chi connectivity index (χ0v) is 17.5. The lowest BCUT2D eigenvalue weighted by Gasteiger charge is -2.09. The van der Waals surface area contributed by atoms with Crippen LogP contribution in [0, 0.1) is 0 Å². The predicted octanol–water partition coefficient (Wildman–Crippen LogP) is 2.42. The molecular formula is C19H32N2O8. The van der Waals surface area contributed by atoms with E-state index in [0.717, 1.165) is 31.4 Å². The number of hydrogen-bond donors (Lipinski definition) is 2. The lowest BCUT2D eigenvalue weighted by molar-refractivity contribution is -0.140. The van der Waals surface area contributed by atoms with Crippen molar-refractivity contribution in [3.8, 4) is 0 Å². The number of amides is 2. The standard InChI is InChI=1S/C19H32N2O8/c1-14(2)28-18(24)20-11-7-5-6-8-12-26-16(22)9-10-17(23)27-13-21-19(25)29-15(3)4/h9-10,14-15H,5-8,11-13H2,1-4H3,(H,20,24)(H,21,25)/b10-9+. The molecule has 0 aliphatic rings. The molecule has 0 aromatic carbocycles. The van der Waals surface area contributed by atoms with E-state index in [1.807, 2.05) is 0 Å². The summed E-state index contributed by atoms with van der Waals surface area (Å²) in [5, 5.41) is 4.87. The number of alkyl carbamates (subject to hydrolysis) is 2. The molecule has 0 saturated heterocycles. The first-order valence-electron chi connectivity index (χ1n) is 9.61. The van der Waals surface area contributed by atoms with Crippen LogP contribution in [0.3, 0.4) is 0 Å². The number of unbranched alkanes of at least 4 members (excludes halogenated alkanes) is 3. The van der Waals surface area contributed by atoms with Crippen LogP contribution in [0.2, 0.25) is 0 Å². The van der Waals surface area contributed by atoms with Crippen molar-refractivity contribution >= 4 is 24.1 Å². The lowest BCUT2D eigenvalue weighted by atomic mass is 10.2. The Balaban J connectivity index is 3.64. The highest BCUT2D eigenvalue weighted by atomic mass is 16.6. The maximum Gasteiger partial charge on any atom is 0.410 e. The second kappa shape index (κ2) is 16.2. The van der Waals surface area contributed by atoms with Gasteiger partial charge >= 0.3 is 24.1 Å². The van der Waals surface area contributed by atoms with Gasteiger partial charge < -0.3 is 24.3 Å². The summed E-state index contributed by atoms with van der Waals surface area (Å²) in [4.78, 5) is 45.3. The van der Waals surface area contributed by atoms with Gasteiger partial charge in [-0.25, -0.2) is 19.2 Å². The third-order valence-electron chi connectivity index (χ3n) is 3.06. The fourth-order valence-corrected chi connectivity index (χ4v) is 1.85. The average Bonchev–Trinajstić information content (AvgIpc) is 2.60. The SMILES string of the molecule is CC(C)OC(=O)NCCCCCCOC(=O)/C=C/C(=O)OCNC(=O)OC(C)C. The molecule has 2 amide bonds. The van der Waals surface area contributed by atoms with Gasteiger partial charge in [-0.1, -0.05) is 6.42 Å². The number of hydrogen-bond acceptors (Lipinski definition) is 8. The molecule has 0 aromatic heterocycles. The minimum atomic E-state index is -0.796. The zero-order valence-electron chi connectivity index (χ0n) is 17.5. The molecule has 0 bridgehead atoms. The largest absolute Gasteiger partial charge is 0.463 e. The topological polar surface area (TPSA) is 129 Å². The van der Waals surface area contributed by atoms with Crippen LogP contribution in [0.5, 0.6) is 0 Å². The number of ether oxygens (including phenoxy) is 4.